The second-order valence-corrected chi connectivity index (χ2v) is 10.8. The Labute approximate surface area is 241 Å². The molecule has 0 saturated carbocycles. The van der Waals surface area contributed by atoms with Gasteiger partial charge in [0, 0.05) is 11.3 Å². The second kappa shape index (κ2) is 10.1. The highest BCUT2D eigenvalue weighted by Crippen LogP contribution is 2.38. The number of benzene rings is 6. The molecule has 0 unspecified atom stereocenters. The minimum atomic E-state index is 0.801. The van der Waals surface area contributed by atoms with Gasteiger partial charge in [-0.25, -0.2) is 9.97 Å². The summed E-state index contributed by atoms with van der Waals surface area (Å²) in [5, 5.41) is 5.02. The van der Waals surface area contributed by atoms with Crippen molar-refractivity contribution in [1.82, 2.24) is 9.97 Å². The van der Waals surface area contributed by atoms with Gasteiger partial charge in [0.15, 0.2) is 0 Å². The van der Waals surface area contributed by atoms with Crippen molar-refractivity contribution in [3.05, 3.63) is 144 Å². The first-order valence-corrected chi connectivity index (χ1v) is 14.1. The molecule has 1 heterocycles. The molecule has 0 radical (unpaired) electrons. The summed E-state index contributed by atoms with van der Waals surface area (Å²) >= 11 is 0. The molecule has 0 saturated heterocycles. The van der Waals surface area contributed by atoms with Gasteiger partial charge < -0.3 is 0 Å². The maximum Gasteiger partial charge on any atom is 0.126 e. The normalized spacial score (nSPS) is 11.3. The van der Waals surface area contributed by atoms with Gasteiger partial charge in [-0.15, -0.1) is 0 Å². The van der Waals surface area contributed by atoms with Crippen molar-refractivity contribution < 1.29 is 0 Å². The molecule has 0 bridgehead atoms. The summed E-state index contributed by atoms with van der Waals surface area (Å²) in [6, 6.07) is 46.2. The van der Waals surface area contributed by atoms with Crippen molar-refractivity contribution in [2.45, 2.75) is 20.8 Å². The zero-order valence-corrected chi connectivity index (χ0v) is 23.5. The molecule has 0 N–H and O–H groups in total. The zero-order valence-electron chi connectivity index (χ0n) is 23.5. The van der Waals surface area contributed by atoms with Crippen LogP contribution in [0.15, 0.2) is 127 Å². The van der Waals surface area contributed by atoms with Gasteiger partial charge in [-0.2, -0.15) is 0 Å². The lowest BCUT2D eigenvalue weighted by molar-refractivity contribution is 0.992. The number of nitrogens with zero attached hydrogens (tertiary/aromatic N) is 2. The Morgan fingerprint density at radius 3 is 1.49 bits per heavy atom. The minimum Gasteiger partial charge on any atom is -0.238 e. The van der Waals surface area contributed by atoms with Gasteiger partial charge in [-0.3, -0.25) is 0 Å². The van der Waals surface area contributed by atoms with Crippen molar-refractivity contribution in [2.75, 3.05) is 0 Å². The SMILES string of the molecule is Cc1nc(C)c(C)c(-c2ccc(-c3cc(-c4cccc5ccccc45)cc(-c4cccc5ccccc45)c3)cc2)n1. The van der Waals surface area contributed by atoms with Gasteiger partial charge in [0.25, 0.3) is 0 Å². The number of rotatable bonds is 4. The summed E-state index contributed by atoms with van der Waals surface area (Å²) in [6.07, 6.45) is 0. The average Bonchev–Trinajstić information content (AvgIpc) is 3.02. The number of hydrogen-bond donors (Lipinski definition) is 0. The van der Waals surface area contributed by atoms with E-state index in [1.807, 2.05) is 6.92 Å². The Bertz CT molecular complexity index is 1960. The first-order chi connectivity index (χ1) is 20.0. The molecule has 196 valence electrons. The Morgan fingerprint density at radius 2 is 0.902 bits per heavy atom. The largest absolute Gasteiger partial charge is 0.238 e. The van der Waals surface area contributed by atoms with Crippen LogP contribution in [-0.4, -0.2) is 9.97 Å². The summed E-state index contributed by atoms with van der Waals surface area (Å²) in [7, 11) is 0. The minimum absolute atomic E-state index is 0.801. The van der Waals surface area contributed by atoms with E-state index in [1.54, 1.807) is 0 Å². The first kappa shape index (κ1) is 24.9. The fraction of sp³-hybridized carbons (Fsp3) is 0.0769. The van der Waals surface area contributed by atoms with E-state index in [0.29, 0.717) is 0 Å². The molecule has 2 nitrogen and oxygen atoms in total. The quantitative estimate of drug-likeness (QED) is 0.228. The summed E-state index contributed by atoms with van der Waals surface area (Å²) in [5.41, 5.74) is 11.5. The smallest absolute Gasteiger partial charge is 0.126 e. The molecular weight excluding hydrogens is 496 g/mol. The predicted molar refractivity (Wildman–Crippen MR) is 173 cm³/mol. The van der Waals surface area contributed by atoms with Crippen LogP contribution >= 0.6 is 0 Å². The highest BCUT2D eigenvalue weighted by molar-refractivity contribution is 6.01. The van der Waals surface area contributed by atoms with E-state index >= 15 is 0 Å². The van der Waals surface area contributed by atoms with Crippen LogP contribution in [0.1, 0.15) is 17.1 Å². The molecule has 7 aromatic rings. The highest BCUT2D eigenvalue weighted by Gasteiger charge is 2.13. The summed E-state index contributed by atoms with van der Waals surface area (Å²) in [5.74, 6) is 0.801. The third-order valence-corrected chi connectivity index (χ3v) is 8.13. The van der Waals surface area contributed by atoms with Gasteiger partial charge in [0.05, 0.1) is 5.69 Å². The van der Waals surface area contributed by atoms with Gasteiger partial charge >= 0.3 is 0 Å². The molecule has 0 spiro atoms. The van der Waals surface area contributed by atoms with Crippen LogP contribution < -0.4 is 0 Å². The second-order valence-electron chi connectivity index (χ2n) is 10.8. The lowest BCUT2D eigenvalue weighted by Gasteiger charge is -2.15. The summed E-state index contributed by atoms with van der Waals surface area (Å²) in [4.78, 5) is 9.29. The van der Waals surface area contributed by atoms with Gasteiger partial charge in [0.2, 0.25) is 0 Å². The van der Waals surface area contributed by atoms with Crippen LogP contribution in [0.25, 0.3) is 66.2 Å². The third kappa shape index (κ3) is 4.58. The molecule has 0 amide bonds. The maximum atomic E-state index is 4.76. The monoisotopic (exact) mass is 526 g/mol. The number of fused-ring (bicyclic) bond motifs is 2. The fourth-order valence-corrected chi connectivity index (χ4v) is 5.93. The van der Waals surface area contributed by atoms with Crippen molar-refractivity contribution >= 4 is 21.5 Å². The first-order valence-electron chi connectivity index (χ1n) is 14.1. The van der Waals surface area contributed by atoms with Gasteiger partial charge in [-0.05, 0) is 99.5 Å². The Morgan fingerprint density at radius 1 is 0.415 bits per heavy atom. The van der Waals surface area contributed by atoms with Crippen molar-refractivity contribution in [1.29, 1.82) is 0 Å². The Kier molecular flexibility index (Phi) is 6.17. The number of hydrogen-bond acceptors (Lipinski definition) is 2. The van der Waals surface area contributed by atoms with Crippen LogP contribution in [0.4, 0.5) is 0 Å². The van der Waals surface area contributed by atoms with E-state index in [-0.39, 0.29) is 0 Å². The molecule has 0 aliphatic carbocycles. The standard InChI is InChI=1S/C39H30N2/c1-25-26(2)40-27(3)41-39(25)31-20-18-28(19-21-31)32-22-33(37-16-8-12-29-10-4-6-14-35(29)37)24-34(23-32)38-17-9-13-30-11-5-7-15-36(30)38/h4-24H,1-3H3. The van der Waals surface area contributed by atoms with Crippen molar-refractivity contribution in [3.8, 4) is 44.6 Å². The van der Waals surface area contributed by atoms with Crippen molar-refractivity contribution in [2.24, 2.45) is 0 Å². The molecule has 2 heteroatoms. The van der Waals surface area contributed by atoms with Gasteiger partial charge in [0.1, 0.15) is 5.82 Å². The van der Waals surface area contributed by atoms with E-state index in [4.69, 9.17) is 4.98 Å². The van der Waals surface area contributed by atoms with Gasteiger partial charge in [-0.1, -0.05) is 109 Å². The topological polar surface area (TPSA) is 25.8 Å². The zero-order chi connectivity index (χ0) is 27.9. The average molecular weight is 527 g/mol. The van der Waals surface area contributed by atoms with Crippen LogP contribution in [-0.2, 0) is 0 Å². The molecule has 0 aliphatic rings. The van der Waals surface area contributed by atoms with Crippen LogP contribution in [0.3, 0.4) is 0 Å². The Balaban J connectivity index is 1.42. The molecular formula is C39H30N2. The van der Waals surface area contributed by atoms with Crippen LogP contribution in [0.5, 0.6) is 0 Å². The predicted octanol–water partition coefficient (Wildman–Crippen LogP) is 10.4. The molecule has 41 heavy (non-hydrogen) atoms. The lowest BCUT2D eigenvalue weighted by Crippen LogP contribution is -1.99. The highest BCUT2D eigenvalue weighted by atomic mass is 14.9. The van der Waals surface area contributed by atoms with Crippen molar-refractivity contribution in [3.63, 3.8) is 0 Å². The maximum absolute atomic E-state index is 4.76. The molecule has 6 aromatic carbocycles. The molecule has 0 atom stereocenters. The van der Waals surface area contributed by atoms with E-state index in [9.17, 15) is 0 Å². The summed E-state index contributed by atoms with van der Waals surface area (Å²) in [6.45, 7) is 6.11. The molecule has 1 aromatic heterocycles. The van der Waals surface area contributed by atoms with E-state index < -0.39 is 0 Å². The molecule has 7 rings (SSSR count). The molecule has 0 aliphatic heterocycles. The van der Waals surface area contributed by atoms with E-state index in [2.05, 4.69) is 146 Å². The van der Waals surface area contributed by atoms with Crippen LogP contribution in [0, 0.1) is 20.8 Å². The third-order valence-electron chi connectivity index (χ3n) is 8.13. The van der Waals surface area contributed by atoms with Crippen LogP contribution in [0.2, 0.25) is 0 Å². The fourth-order valence-electron chi connectivity index (χ4n) is 5.93. The number of aryl methyl sites for hydroxylation is 2. The Hall–Kier alpha value is -5.08. The lowest BCUT2D eigenvalue weighted by atomic mass is 9.89. The number of aromatic nitrogens is 2. The molecule has 0 fully saturated rings. The van der Waals surface area contributed by atoms with E-state index in [0.717, 1.165) is 28.3 Å². The summed E-state index contributed by atoms with van der Waals surface area (Å²) < 4.78 is 0. The van der Waals surface area contributed by atoms with E-state index in [1.165, 1.54) is 54.9 Å².